The molecule has 2 atom stereocenters. The third-order valence-electron chi connectivity index (χ3n) is 4.78. The molecule has 0 radical (unpaired) electrons. The topological polar surface area (TPSA) is 58.3 Å². The molecule has 1 saturated carbocycles. The highest BCUT2D eigenvalue weighted by Gasteiger charge is 2.42. The highest BCUT2D eigenvalue weighted by molar-refractivity contribution is 6.30. The average molecular weight is 418 g/mol. The molecule has 0 aromatic heterocycles. The second-order valence-corrected chi connectivity index (χ2v) is 7.33. The van der Waals surface area contributed by atoms with Crippen molar-refractivity contribution in [2.75, 3.05) is 6.54 Å². The van der Waals surface area contributed by atoms with E-state index in [0.29, 0.717) is 13.0 Å². The number of rotatable bonds is 8. The van der Waals surface area contributed by atoms with Crippen molar-refractivity contribution in [3.05, 3.63) is 70.7 Å². The predicted molar refractivity (Wildman–Crippen MR) is 114 cm³/mol. The third-order valence-corrected chi connectivity index (χ3v) is 5.01. The van der Waals surface area contributed by atoms with Crippen LogP contribution in [0.25, 0.3) is 0 Å². The zero-order valence-electron chi connectivity index (χ0n) is 14.6. The quantitative estimate of drug-likeness (QED) is 0.612. The minimum Gasteiger partial charge on any atom is -0.390 e. The van der Waals surface area contributed by atoms with Crippen molar-refractivity contribution in [2.45, 2.75) is 43.4 Å². The first kappa shape index (κ1) is 23.2. The number of halogens is 3. The molecule has 2 aromatic carbocycles. The zero-order valence-corrected chi connectivity index (χ0v) is 17.0. The first-order valence-electron chi connectivity index (χ1n) is 8.53. The molecule has 6 heteroatoms. The van der Waals surface area contributed by atoms with Gasteiger partial charge in [-0.1, -0.05) is 54.1 Å². The fourth-order valence-electron chi connectivity index (χ4n) is 3.10. The van der Waals surface area contributed by atoms with Crippen molar-refractivity contribution < 1.29 is 5.11 Å². The van der Waals surface area contributed by atoms with Crippen molar-refractivity contribution >= 4 is 36.4 Å². The fourth-order valence-corrected chi connectivity index (χ4v) is 3.31. The van der Waals surface area contributed by atoms with E-state index in [1.807, 2.05) is 48.5 Å². The van der Waals surface area contributed by atoms with Gasteiger partial charge in [0.05, 0.1) is 6.10 Å². The van der Waals surface area contributed by atoms with Gasteiger partial charge in [0, 0.05) is 23.1 Å². The van der Waals surface area contributed by atoms with Gasteiger partial charge in [0.2, 0.25) is 0 Å². The van der Waals surface area contributed by atoms with E-state index in [2.05, 4.69) is 11.4 Å². The number of benzene rings is 2. The Balaban J connectivity index is 0.00000169. The maximum Gasteiger partial charge on any atom is 0.0818 e. The largest absolute Gasteiger partial charge is 0.390 e. The molecule has 3 rings (SSSR count). The van der Waals surface area contributed by atoms with Crippen molar-refractivity contribution in [3.63, 3.8) is 0 Å². The van der Waals surface area contributed by atoms with Gasteiger partial charge in [0.15, 0.2) is 0 Å². The van der Waals surface area contributed by atoms with Crippen molar-refractivity contribution in [1.82, 2.24) is 5.32 Å². The average Bonchev–Trinajstić information content (AvgIpc) is 3.33. The number of nitrogens with two attached hydrogens (primary N) is 1. The van der Waals surface area contributed by atoms with E-state index in [9.17, 15) is 5.11 Å². The molecule has 0 unspecified atom stereocenters. The summed E-state index contributed by atoms with van der Waals surface area (Å²) < 4.78 is 0. The highest BCUT2D eigenvalue weighted by Crippen LogP contribution is 2.38. The molecular formula is C20H27Cl3N2O. The third kappa shape index (κ3) is 6.73. The molecule has 0 aliphatic heterocycles. The Bertz CT molecular complexity index is 665. The van der Waals surface area contributed by atoms with Crippen LogP contribution < -0.4 is 11.1 Å². The lowest BCUT2D eigenvalue weighted by molar-refractivity contribution is 0.136. The summed E-state index contributed by atoms with van der Waals surface area (Å²) in [7, 11) is 0. The van der Waals surface area contributed by atoms with Crippen LogP contribution in [0.15, 0.2) is 54.6 Å². The van der Waals surface area contributed by atoms with Gasteiger partial charge in [-0.2, -0.15) is 0 Å². The summed E-state index contributed by atoms with van der Waals surface area (Å²) >= 11 is 6.06. The van der Waals surface area contributed by atoms with Gasteiger partial charge in [-0.05, 0) is 48.9 Å². The molecule has 4 N–H and O–H groups in total. The molecule has 1 fully saturated rings. The molecule has 0 saturated heterocycles. The number of hydrogen-bond donors (Lipinski definition) is 3. The van der Waals surface area contributed by atoms with Crippen molar-refractivity contribution in [1.29, 1.82) is 0 Å². The summed E-state index contributed by atoms with van der Waals surface area (Å²) in [5.74, 6) is 0. The molecule has 1 aliphatic carbocycles. The van der Waals surface area contributed by atoms with Crippen LogP contribution in [0.3, 0.4) is 0 Å². The van der Waals surface area contributed by atoms with Gasteiger partial charge >= 0.3 is 0 Å². The molecule has 26 heavy (non-hydrogen) atoms. The normalized spacial score (nSPS) is 16.7. The summed E-state index contributed by atoms with van der Waals surface area (Å²) in [6.45, 7) is 0.522. The summed E-state index contributed by atoms with van der Waals surface area (Å²) in [5, 5.41) is 14.7. The van der Waals surface area contributed by atoms with Crippen LogP contribution >= 0.6 is 36.4 Å². The van der Waals surface area contributed by atoms with Crippen LogP contribution in [-0.4, -0.2) is 29.3 Å². The fraction of sp³-hybridized carbons (Fsp3) is 0.400. The van der Waals surface area contributed by atoms with Crippen LogP contribution in [0.2, 0.25) is 5.02 Å². The first-order valence-corrected chi connectivity index (χ1v) is 8.91. The van der Waals surface area contributed by atoms with E-state index < -0.39 is 6.10 Å². The summed E-state index contributed by atoms with van der Waals surface area (Å²) in [5.41, 5.74) is 8.65. The minimum atomic E-state index is -0.554. The second kappa shape index (κ2) is 10.5. The lowest BCUT2D eigenvalue weighted by atomic mass is 10.0. The van der Waals surface area contributed by atoms with Gasteiger partial charge < -0.3 is 16.2 Å². The van der Waals surface area contributed by atoms with Crippen molar-refractivity contribution in [2.24, 2.45) is 5.73 Å². The Morgan fingerprint density at radius 3 is 2.31 bits per heavy atom. The lowest BCUT2D eigenvalue weighted by Crippen LogP contribution is -2.47. The molecule has 144 valence electrons. The Hall–Kier alpha value is -0.810. The maximum absolute atomic E-state index is 10.4. The van der Waals surface area contributed by atoms with E-state index >= 15 is 0 Å². The van der Waals surface area contributed by atoms with Crippen molar-refractivity contribution in [3.8, 4) is 0 Å². The Morgan fingerprint density at radius 1 is 1.04 bits per heavy atom. The van der Waals surface area contributed by atoms with Gasteiger partial charge in [0.25, 0.3) is 0 Å². The molecule has 0 amide bonds. The number of hydrogen-bond acceptors (Lipinski definition) is 3. The monoisotopic (exact) mass is 416 g/mol. The highest BCUT2D eigenvalue weighted by atomic mass is 35.5. The Kier molecular flexibility index (Phi) is 9.39. The van der Waals surface area contributed by atoms with Crippen LogP contribution in [0.5, 0.6) is 0 Å². The molecule has 3 nitrogen and oxygen atoms in total. The zero-order chi connectivity index (χ0) is 17.0. The van der Waals surface area contributed by atoms with E-state index in [1.165, 1.54) is 5.56 Å². The summed E-state index contributed by atoms with van der Waals surface area (Å²) in [6.07, 6.45) is 3.32. The first-order chi connectivity index (χ1) is 11.6. The van der Waals surface area contributed by atoms with Crippen LogP contribution in [0.4, 0.5) is 0 Å². The van der Waals surface area contributed by atoms with E-state index in [1.54, 1.807) is 0 Å². The van der Waals surface area contributed by atoms with Crippen LogP contribution in [0.1, 0.15) is 24.0 Å². The molecular weight excluding hydrogens is 391 g/mol. The SMILES string of the molecule is Cl.Cl.N[C@@H](Cc1ccccc1)[C@H](O)CNC1(Cc2cccc(Cl)c2)CC1. The number of β-amino-alcohol motifs (C(OH)–C–C–N with tert-alkyl or cyclic N) is 1. The smallest absolute Gasteiger partial charge is 0.0818 e. The van der Waals surface area contributed by atoms with Crippen LogP contribution in [0, 0.1) is 0 Å². The lowest BCUT2D eigenvalue weighted by Gasteiger charge is -2.24. The van der Waals surface area contributed by atoms with Crippen LogP contribution in [-0.2, 0) is 12.8 Å². The number of nitrogens with one attached hydrogen (secondary N) is 1. The molecule has 0 heterocycles. The molecule has 0 spiro atoms. The summed E-state index contributed by atoms with van der Waals surface area (Å²) in [6, 6.07) is 17.8. The van der Waals surface area contributed by atoms with Gasteiger partial charge in [0.1, 0.15) is 0 Å². The van der Waals surface area contributed by atoms with E-state index in [4.69, 9.17) is 17.3 Å². The predicted octanol–water partition coefficient (Wildman–Crippen LogP) is 3.78. The second-order valence-electron chi connectivity index (χ2n) is 6.89. The molecule has 1 aliphatic rings. The number of aliphatic hydroxyl groups excluding tert-OH is 1. The minimum absolute atomic E-state index is 0. The Morgan fingerprint density at radius 2 is 1.69 bits per heavy atom. The number of aliphatic hydroxyl groups is 1. The molecule has 2 aromatic rings. The maximum atomic E-state index is 10.4. The van der Waals surface area contributed by atoms with E-state index in [0.717, 1.165) is 29.8 Å². The summed E-state index contributed by atoms with van der Waals surface area (Å²) in [4.78, 5) is 0. The Labute approximate surface area is 173 Å². The van der Waals surface area contributed by atoms with Gasteiger partial charge in [-0.3, -0.25) is 0 Å². The van der Waals surface area contributed by atoms with Gasteiger partial charge in [-0.15, -0.1) is 24.8 Å². The standard InChI is InChI=1S/C20H25ClN2O.2ClH/c21-17-8-4-7-16(11-17)13-20(9-10-20)23-14-19(24)18(22)12-15-5-2-1-3-6-15;;/h1-8,11,18-19,23-24H,9-10,12-14,22H2;2*1H/t18-,19+;;/m0../s1. The van der Waals surface area contributed by atoms with Gasteiger partial charge in [-0.25, -0.2) is 0 Å². The van der Waals surface area contributed by atoms with E-state index in [-0.39, 0.29) is 36.4 Å². The molecule has 0 bridgehead atoms.